The first kappa shape index (κ1) is 7.62. The van der Waals surface area contributed by atoms with Gasteiger partial charge in [-0.25, -0.2) is 0 Å². The Labute approximate surface area is 80.9 Å². The first-order chi connectivity index (χ1) is 6.90. The van der Waals surface area contributed by atoms with Crippen molar-refractivity contribution in [1.82, 2.24) is 4.57 Å². The maximum Gasteiger partial charge on any atom is 0.152 e. The standard InChI is InChI=1S/C11H9NO2/c13-7-8-6-12-4-5-14-10-3-1-2-9(8)11(10)12/h1-3,6-7H,4-5H2. The zero-order valence-electron chi connectivity index (χ0n) is 7.56. The minimum absolute atomic E-state index is 0.680. The molecular weight excluding hydrogens is 178 g/mol. The van der Waals surface area contributed by atoms with Crippen molar-refractivity contribution in [1.29, 1.82) is 0 Å². The van der Waals surface area contributed by atoms with E-state index in [1.807, 2.05) is 24.4 Å². The van der Waals surface area contributed by atoms with Gasteiger partial charge < -0.3 is 9.30 Å². The van der Waals surface area contributed by atoms with Crippen LogP contribution in [0.15, 0.2) is 24.4 Å². The van der Waals surface area contributed by atoms with Crippen LogP contribution in [0, 0.1) is 0 Å². The Morgan fingerprint density at radius 3 is 3.21 bits per heavy atom. The molecule has 0 fully saturated rings. The van der Waals surface area contributed by atoms with Gasteiger partial charge in [-0.2, -0.15) is 0 Å². The topological polar surface area (TPSA) is 31.2 Å². The molecule has 0 bridgehead atoms. The summed E-state index contributed by atoms with van der Waals surface area (Å²) in [7, 11) is 0. The highest BCUT2D eigenvalue weighted by atomic mass is 16.5. The Kier molecular flexibility index (Phi) is 1.42. The minimum atomic E-state index is 0.680. The highest BCUT2D eigenvalue weighted by molar-refractivity contribution is 6.00. The Bertz CT molecular complexity index is 513. The smallest absolute Gasteiger partial charge is 0.152 e. The molecule has 0 unspecified atom stereocenters. The second kappa shape index (κ2) is 2.61. The van der Waals surface area contributed by atoms with Gasteiger partial charge in [-0.15, -0.1) is 0 Å². The third-order valence-electron chi connectivity index (χ3n) is 2.61. The number of aldehydes is 1. The van der Waals surface area contributed by atoms with E-state index < -0.39 is 0 Å². The number of benzene rings is 1. The number of carbonyl (C=O) groups is 1. The minimum Gasteiger partial charge on any atom is -0.490 e. The van der Waals surface area contributed by atoms with Crippen LogP contribution in [-0.4, -0.2) is 17.5 Å². The van der Waals surface area contributed by atoms with Gasteiger partial charge in [0.05, 0.1) is 12.1 Å². The summed E-state index contributed by atoms with van der Waals surface area (Å²) >= 11 is 0. The van der Waals surface area contributed by atoms with Crippen molar-refractivity contribution in [3.8, 4) is 5.75 Å². The molecule has 0 aliphatic carbocycles. The Morgan fingerprint density at radius 1 is 1.43 bits per heavy atom. The molecule has 0 amide bonds. The van der Waals surface area contributed by atoms with E-state index in [0.717, 1.165) is 35.0 Å². The molecule has 0 atom stereocenters. The molecule has 0 radical (unpaired) electrons. The second-order valence-corrected chi connectivity index (χ2v) is 3.40. The molecule has 14 heavy (non-hydrogen) atoms. The number of para-hydroxylation sites is 1. The lowest BCUT2D eigenvalue weighted by Gasteiger charge is -2.16. The van der Waals surface area contributed by atoms with E-state index in [9.17, 15) is 4.79 Å². The summed E-state index contributed by atoms with van der Waals surface area (Å²) < 4.78 is 7.60. The molecule has 0 spiro atoms. The molecule has 1 aliphatic heterocycles. The summed E-state index contributed by atoms with van der Waals surface area (Å²) in [6, 6.07) is 5.81. The quantitative estimate of drug-likeness (QED) is 0.638. The summed E-state index contributed by atoms with van der Waals surface area (Å²) in [6.07, 6.45) is 2.79. The lowest BCUT2D eigenvalue weighted by Crippen LogP contribution is -2.12. The van der Waals surface area contributed by atoms with Gasteiger partial charge in [0.15, 0.2) is 6.29 Å². The van der Waals surface area contributed by atoms with E-state index in [2.05, 4.69) is 4.57 Å². The number of hydrogen-bond donors (Lipinski definition) is 0. The fourth-order valence-electron chi connectivity index (χ4n) is 1.99. The lowest BCUT2D eigenvalue weighted by molar-refractivity contribution is 0.112. The van der Waals surface area contributed by atoms with Crippen LogP contribution in [0.3, 0.4) is 0 Å². The zero-order chi connectivity index (χ0) is 9.54. The lowest BCUT2D eigenvalue weighted by atomic mass is 10.2. The first-order valence-corrected chi connectivity index (χ1v) is 4.60. The molecule has 3 heteroatoms. The molecule has 3 rings (SSSR count). The molecule has 3 nitrogen and oxygen atoms in total. The van der Waals surface area contributed by atoms with E-state index in [1.54, 1.807) is 0 Å². The van der Waals surface area contributed by atoms with Crippen LogP contribution >= 0.6 is 0 Å². The molecule has 0 N–H and O–H groups in total. The number of aromatic nitrogens is 1. The van der Waals surface area contributed by atoms with Crippen LogP contribution in [0.25, 0.3) is 10.9 Å². The van der Waals surface area contributed by atoms with Gasteiger partial charge >= 0.3 is 0 Å². The van der Waals surface area contributed by atoms with E-state index in [1.165, 1.54) is 0 Å². The van der Waals surface area contributed by atoms with Gasteiger partial charge in [-0.1, -0.05) is 12.1 Å². The van der Waals surface area contributed by atoms with Crippen LogP contribution < -0.4 is 4.74 Å². The average Bonchev–Trinajstić information content (AvgIpc) is 2.60. The van der Waals surface area contributed by atoms with Gasteiger partial charge in [0.2, 0.25) is 0 Å². The first-order valence-electron chi connectivity index (χ1n) is 4.60. The number of nitrogens with zero attached hydrogens (tertiary/aromatic N) is 1. The predicted octanol–water partition coefficient (Wildman–Crippen LogP) is 1.85. The predicted molar refractivity (Wildman–Crippen MR) is 52.8 cm³/mol. The van der Waals surface area contributed by atoms with E-state index in [-0.39, 0.29) is 0 Å². The molecule has 70 valence electrons. The van der Waals surface area contributed by atoms with Gasteiger partial charge in [0.1, 0.15) is 12.4 Å². The molecule has 0 saturated carbocycles. The SMILES string of the molecule is O=Cc1cn2c3c(cccc13)OCC2. The van der Waals surface area contributed by atoms with Crippen LogP contribution in [0.2, 0.25) is 0 Å². The summed E-state index contributed by atoms with van der Waals surface area (Å²) in [6.45, 7) is 1.50. The average molecular weight is 187 g/mol. The van der Waals surface area contributed by atoms with E-state index in [4.69, 9.17) is 4.74 Å². The van der Waals surface area contributed by atoms with Crippen LogP contribution in [0.4, 0.5) is 0 Å². The number of rotatable bonds is 1. The van der Waals surface area contributed by atoms with Gasteiger partial charge in [0, 0.05) is 17.1 Å². The Morgan fingerprint density at radius 2 is 2.36 bits per heavy atom. The van der Waals surface area contributed by atoms with Crippen LogP contribution in [0.5, 0.6) is 5.75 Å². The fraction of sp³-hybridized carbons (Fsp3) is 0.182. The molecule has 1 aromatic carbocycles. The van der Waals surface area contributed by atoms with Gasteiger partial charge in [0.25, 0.3) is 0 Å². The van der Waals surface area contributed by atoms with Crippen molar-refractivity contribution in [2.75, 3.05) is 6.61 Å². The van der Waals surface area contributed by atoms with Crippen molar-refractivity contribution >= 4 is 17.2 Å². The van der Waals surface area contributed by atoms with Crippen molar-refractivity contribution in [3.63, 3.8) is 0 Å². The molecule has 2 heterocycles. The summed E-state index contributed by atoms with van der Waals surface area (Å²) in [5.74, 6) is 0.877. The monoisotopic (exact) mass is 187 g/mol. The summed E-state index contributed by atoms with van der Waals surface area (Å²) in [5, 5.41) is 0.984. The largest absolute Gasteiger partial charge is 0.490 e. The van der Waals surface area contributed by atoms with Crippen molar-refractivity contribution in [2.45, 2.75) is 6.54 Å². The zero-order valence-corrected chi connectivity index (χ0v) is 7.56. The van der Waals surface area contributed by atoms with Crippen molar-refractivity contribution in [3.05, 3.63) is 30.0 Å². The summed E-state index contributed by atoms with van der Waals surface area (Å²) in [4.78, 5) is 10.8. The van der Waals surface area contributed by atoms with Crippen LogP contribution in [-0.2, 0) is 6.54 Å². The van der Waals surface area contributed by atoms with E-state index >= 15 is 0 Å². The maximum absolute atomic E-state index is 10.8. The fourth-order valence-corrected chi connectivity index (χ4v) is 1.99. The molecule has 2 aromatic rings. The molecular formula is C11H9NO2. The van der Waals surface area contributed by atoms with Crippen molar-refractivity contribution < 1.29 is 9.53 Å². The van der Waals surface area contributed by atoms with Gasteiger partial charge in [-0.3, -0.25) is 4.79 Å². The van der Waals surface area contributed by atoms with E-state index in [0.29, 0.717) is 6.61 Å². The Hall–Kier alpha value is -1.77. The molecule has 1 aromatic heterocycles. The molecule has 1 aliphatic rings. The normalized spacial score (nSPS) is 14.0. The maximum atomic E-state index is 10.8. The van der Waals surface area contributed by atoms with Gasteiger partial charge in [-0.05, 0) is 6.07 Å². The van der Waals surface area contributed by atoms with Crippen LogP contribution in [0.1, 0.15) is 10.4 Å². The number of carbonyl (C=O) groups excluding carboxylic acids is 1. The number of hydrogen-bond acceptors (Lipinski definition) is 2. The third kappa shape index (κ3) is 0.839. The highest BCUT2D eigenvalue weighted by Gasteiger charge is 2.15. The Balaban J connectivity index is 2.48. The summed E-state index contributed by atoms with van der Waals surface area (Å²) in [5.41, 5.74) is 1.79. The molecule has 0 saturated heterocycles. The highest BCUT2D eigenvalue weighted by Crippen LogP contribution is 2.31. The number of ether oxygens (including phenoxy) is 1. The third-order valence-corrected chi connectivity index (χ3v) is 2.61. The second-order valence-electron chi connectivity index (χ2n) is 3.40. The van der Waals surface area contributed by atoms with Crippen molar-refractivity contribution in [2.24, 2.45) is 0 Å².